The van der Waals surface area contributed by atoms with Gasteiger partial charge < -0.3 is 5.32 Å². The summed E-state index contributed by atoms with van der Waals surface area (Å²) in [6, 6.07) is 9.15. The molecule has 0 spiro atoms. The predicted molar refractivity (Wildman–Crippen MR) is 44.1 cm³/mol. The van der Waals surface area contributed by atoms with Crippen LogP contribution in [0, 0.1) is 11.3 Å². The van der Waals surface area contributed by atoms with E-state index in [9.17, 15) is 4.79 Å². The number of benzene rings is 1. The first-order chi connectivity index (χ1) is 5.86. The van der Waals surface area contributed by atoms with E-state index in [-0.39, 0.29) is 0 Å². The number of nitriles is 1. The van der Waals surface area contributed by atoms with Gasteiger partial charge >= 0.3 is 0 Å². The van der Waals surface area contributed by atoms with Gasteiger partial charge in [0.05, 0.1) is 11.6 Å². The molecule has 0 atom stereocenters. The molecule has 0 aliphatic rings. The zero-order chi connectivity index (χ0) is 8.81. The fourth-order valence-electron chi connectivity index (χ4n) is 0.910. The predicted octanol–water partition coefficient (Wildman–Crippen LogP) is 0.804. The first-order valence-corrected chi connectivity index (χ1v) is 3.53. The standard InChI is InChI=1S/C9H8N2O/c10-5-8-2-1-3-9(4-8)6-11-7-12/h1-4,7H,6H2,(H,11,12). The molecule has 1 amide bonds. The lowest BCUT2D eigenvalue weighted by molar-refractivity contribution is -0.109. The minimum atomic E-state index is 0.471. The smallest absolute Gasteiger partial charge is 0.207 e. The highest BCUT2D eigenvalue weighted by atomic mass is 16.1. The van der Waals surface area contributed by atoms with Crippen LogP contribution in [0.3, 0.4) is 0 Å². The van der Waals surface area contributed by atoms with Gasteiger partial charge in [0.1, 0.15) is 0 Å². The molecule has 12 heavy (non-hydrogen) atoms. The van der Waals surface area contributed by atoms with Crippen molar-refractivity contribution < 1.29 is 4.79 Å². The number of hydrogen-bond donors (Lipinski definition) is 1. The molecule has 0 heterocycles. The molecule has 60 valence electrons. The average molecular weight is 160 g/mol. The molecule has 3 heteroatoms. The Morgan fingerprint density at radius 2 is 2.42 bits per heavy atom. The van der Waals surface area contributed by atoms with Crippen LogP contribution >= 0.6 is 0 Å². The van der Waals surface area contributed by atoms with E-state index in [1.165, 1.54) is 0 Å². The van der Waals surface area contributed by atoms with Crippen molar-refractivity contribution in [1.29, 1.82) is 5.26 Å². The van der Waals surface area contributed by atoms with Crippen molar-refractivity contribution >= 4 is 6.41 Å². The second-order valence-corrected chi connectivity index (χ2v) is 2.31. The van der Waals surface area contributed by atoms with Crippen LogP contribution in [0.4, 0.5) is 0 Å². The third-order valence-corrected chi connectivity index (χ3v) is 1.45. The maximum atomic E-state index is 9.96. The van der Waals surface area contributed by atoms with Crippen LogP contribution < -0.4 is 5.32 Å². The SMILES string of the molecule is N#Cc1cccc(CNC=O)c1. The highest BCUT2D eigenvalue weighted by Gasteiger charge is 1.92. The molecule has 0 saturated heterocycles. The number of amides is 1. The van der Waals surface area contributed by atoms with Gasteiger partial charge in [-0.3, -0.25) is 4.79 Å². The van der Waals surface area contributed by atoms with E-state index in [0.717, 1.165) is 5.56 Å². The van der Waals surface area contributed by atoms with Gasteiger partial charge in [-0.05, 0) is 17.7 Å². The Hall–Kier alpha value is -1.82. The minimum absolute atomic E-state index is 0.471. The van der Waals surface area contributed by atoms with Gasteiger partial charge in [0.2, 0.25) is 6.41 Å². The lowest BCUT2D eigenvalue weighted by Crippen LogP contribution is -2.09. The summed E-state index contributed by atoms with van der Waals surface area (Å²) in [6.07, 6.45) is 0.638. The quantitative estimate of drug-likeness (QED) is 0.665. The monoisotopic (exact) mass is 160 g/mol. The van der Waals surface area contributed by atoms with Crippen LogP contribution in [0.1, 0.15) is 11.1 Å². The molecule has 0 aliphatic carbocycles. The molecule has 0 unspecified atom stereocenters. The van der Waals surface area contributed by atoms with Gasteiger partial charge in [-0.2, -0.15) is 5.26 Å². The summed E-state index contributed by atoms with van der Waals surface area (Å²) in [7, 11) is 0. The highest BCUT2D eigenvalue weighted by molar-refractivity contribution is 5.46. The molecule has 0 saturated carbocycles. The second-order valence-electron chi connectivity index (χ2n) is 2.31. The summed E-state index contributed by atoms with van der Waals surface area (Å²) in [4.78, 5) is 9.96. The topological polar surface area (TPSA) is 52.9 Å². The summed E-state index contributed by atoms with van der Waals surface area (Å²) >= 11 is 0. The maximum absolute atomic E-state index is 9.96. The third-order valence-electron chi connectivity index (χ3n) is 1.45. The Balaban J connectivity index is 2.74. The largest absolute Gasteiger partial charge is 0.355 e. The summed E-state index contributed by atoms with van der Waals surface area (Å²) in [5.74, 6) is 0. The molecule has 3 nitrogen and oxygen atoms in total. The van der Waals surface area contributed by atoms with Crippen molar-refractivity contribution in [3.8, 4) is 6.07 Å². The van der Waals surface area contributed by atoms with Crippen molar-refractivity contribution in [1.82, 2.24) is 5.32 Å². The van der Waals surface area contributed by atoms with Gasteiger partial charge in [0.15, 0.2) is 0 Å². The molecule has 1 aromatic rings. The Morgan fingerprint density at radius 3 is 3.08 bits per heavy atom. The molecule has 1 aromatic carbocycles. The molecular weight excluding hydrogens is 152 g/mol. The van der Waals surface area contributed by atoms with Crippen molar-refractivity contribution in [2.45, 2.75) is 6.54 Å². The molecule has 0 aromatic heterocycles. The zero-order valence-corrected chi connectivity index (χ0v) is 6.45. The Morgan fingerprint density at radius 1 is 1.58 bits per heavy atom. The lowest BCUT2D eigenvalue weighted by Gasteiger charge is -1.98. The number of carbonyl (C=O) groups is 1. The first kappa shape index (κ1) is 8.28. The van der Waals surface area contributed by atoms with Crippen molar-refractivity contribution in [2.24, 2.45) is 0 Å². The zero-order valence-electron chi connectivity index (χ0n) is 6.45. The Kier molecular flexibility index (Phi) is 2.86. The Bertz CT molecular complexity index is 315. The van der Waals surface area contributed by atoms with Crippen LogP contribution in [0.5, 0.6) is 0 Å². The van der Waals surface area contributed by atoms with E-state index in [0.29, 0.717) is 18.5 Å². The van der Waals surface area contributed by atoms with Crippen molar-refractivity contribution in [3.63, 3.8) is 0 Å². The van der Waals surface area contributed by atoms with Crippen LogP contribution in [0.2, 0.25) is 0 Å². The molecular formula is C9H8N2O. The van der Waals surface area contributed by atoms with Gasteiger partial charge in [0, 0.05) is 6.54 Å². The van der Waals surface area contributed by atoms with Gasteiger partial charge in [0.25, 0.3) is 0 Å². The van der Waals surface area contributed by atoms with Crippen LogP contribution in [-0.4, -0.2) is 6.41 Å². The molecule has 0 radical (unpaired) electrons. The molecule has 0 aliphatic heterocycles. The maximum Gasteiger partial charge on any atom is 0.207 e. The van der Waals surface area contributed by atoms with E-state index in [1.807, 2.05) is 12.1 Å². The summed E-state index contributed by atoms with van der Waals surface area (Å²) in [6.45, 7) is 0.471. The average Bonchev–Trinajstić information content (AvgIpc) is 2.15. The second kappa shape index (κ2) is 4.14. The van der Waals surface area contributed by atoms with E-state index in [4.69, 9.17) is 5.26 Å². The van der Waals surface area contributed by atoms with E-state index < -0.39 is 0 Å². The number of rotatable bonds is 3. The van der Waals surface area contributed by atoms with E-state index >= 15 is 0 Å². The summed E-state index contributed by atoms with van der Waals surface area (Å²) < 4.78 is 0. The van der Waals surface area contributed by atoms with Crippen LogP contribution in [-0.2, 0) is 11.3 Å². The molecule has 1 rings (SSSR count). The van der Waals surface area contributed by atoms with Gasteiger partial charge in [-0.15, -0.1) is 0 Å². The fraction of sp³-hybridized carbons (Fsp3) is 0.111. The lowest BCUT2D eigenvalue weighted by atomic mass is 10.1. The van der Waals surface area contributed by atoms with Crippen molar-refractivity contribution in [2.75, 3.05) is 0 Å². The van der Waals surface area contributed by atoms with Gasteiger partial charge in [-0.25, -0.2) is 0 Å². The number of hydrogen-bond acceptors (Lipinski definition) is 2. The molecule has 0 bridgehead atoms. The fourth-order valence-corrected chi connectivity index (χ4v) is 0.910. The third kappa shape index (κ3) is 2.10. The normalized spacial score (nSPS) is 8.58. The minimum Gasteiger partial charge on any atom is -0.355 e. The van der Waals surface area contributed by atoms with E-state index in [2.05, 4.69) is 5.32 Å². The molecule has 1 N–H and O–H groups in total. The molecule has 0 fully saturated rings. The van der Waals surface area contributed by atoms with Crippen LogP contribution in [0.15, 0.2) is 24.3 Å². The number of nitrogens with zero attached hydrogens (tertiary/aromatic N) is 1. The number of nitrogens with one attached hydrogen (secondary N) is 1. The van der Waals surface area contributed by atoms with Crippen molar-refractivity contribution in [3.05, 3.63) is 35.4 Å². The number of carbonyl (C=O) groups excluding carboxylic acids is 1. The summed E-state index contributed by atoms with van der Waals surface area (Å²) in [5.41, 5.74) is 1.54. The van der Waals surface area contributed by atoms with E-state index in [1.54, 1.807) is 18.2 Å². The first-order valence-electron chi connectivity index (χ1n) is 3.53. The van der Waals surface area contributed by atoms with Gasteiger partial charge in [-0.1, -0.05) is 12.1 Å². The van der Waals surface area contributed by atoms with Crippen LogP contribution in [0.25, 0.3) is 0 Å². The Labute approximate surface area is 70.6 Å². The highest BCUT2D eigenvalue weighted by Crippen LogP contribution is 2.02. The summed E-state index contributed by atoms with van der Waals surface area (Å²) in [5, 5.41) is 11.1.